The summed E-state index contributed by atoms with van der Waals surface area (Å²) in [5.41, 5.74) is 1.39. The van der Waals surface area contributed by atoms with Gasteiger partial charge in [0.15, 0.2) is 0 Å². The Kier molecular flexibility index (Phi) is 2.85. The smallest absolute Gasteiger partial charge is 0.0592 e. The maximum atomic E-state index is 4.73. The minimum Gasteiger partial charge on any atom is -0.232 e. The second kappa shape index (κ2) is 4.48. The summed E-state index contributed by atoms with van der Waals surface area (Å²) in [6.07, 6.45) is 0. The number of nitrogens with zero attached hydrogens (tertiary/aromatic N) is 1. The van der Waals surface area contributed by atoms with E-state index in [0.717, 1.165) is 12.3 Å². The van der Waals surface area contributed by atoms with Crippen molar-refractivity contribution in [3.05, 3.63) is 48.0 Å². The Morgan fingerprint density at radius 2 is 1.94 bits per heavy atom. The van der Waals surface area contributed by atoms with E-state index in [1.54, 1.807) is 0 Å². The first-order valence-electron chi connectivity index (χ1n) is 5.67. The van der Waals surface area contributed by atoms with Gasteiger partial charge < -0.3 is 0 Å². The van der Waals surface area contributed by atoms with Crippen LogP contribution in [-0.4, -0.2) is 18.1 Å². The van der Waals surface area contributed by atoms with Crippen LogP contribution in [0.4, 0.5) is 0 Å². The third-order valence-corrected chi connectivity index (χ3v) is 4.07. The summed E-state index contributed by atoms with van der Waals surface area (Å²) in [7, 11) is 0. The molecule has 0 N–H and O–H groups in total. The number of fused-ring (bicyclic) bond motifs is 1. The largest absolute Gasteiger partial charge is 0.232 e. The quantitative estimate of drug-likeness (QED) is 0.731. The molecule has 2 aromatic carbocycles. The van der Waals surface area contributed by atoms with Crippen LogP contribution in [0.3, 0.4) is 0 Å². The lowest BCUT2D eigenvalue weighted by atomic mass is 9.99. The molecule has 0 aromatic heterocycles. The Balaban J connectivity index is 2.08. The van der Waals surface area contributed by atoms with Crippen LogP contribution in [0.25, 0.3) is 10.8 Å². The zero-order chi connectivity index (χ0) is 10.8. The van der Waals surface area contributed by atoms with Crippen molar-refractivity contribution in [1.82, 2.24) is 5.32 Å². The molecule has 0 aliphatic carbocycles. The van der Waals surface area contributed by atoms with E-state index in [2.05, 4.69) is 42.5 Å². The van der Waals surface area contributed by atoms with Crippen molar-refractivity contribution < 1.29 is 0 Å². The van der Waals surface area contributed by atoms with Crippen molar-refractivity contribution in [1.29, 1.82) is 0 Å². The first-order valence-corrected chi connectivity index (χ1v) is 6.82. The molecular formula is C14H14NS. The van der Waals surface area contributed by atoms with Crippen molar-refractivity contribution in [2.45, 2.75) is 6.04 Å². The summed E-state index contributed by atoms with van der Waals surface area (Å²) in [6, 6.07) is 15.5. The van der Waals surface area contributed by atoms with E-state index in [1.165, 1.54) is 22.1 Å². The molecule has 2 aromatic rings. The molecule has 1 unspecified atom stereocenters. The highest BCUT2D eigenvalue weighted by Crippen LogP contribution is 2.29. The Hall–Kier alpha value is -0.990. The van der Waals surface area contributed by atoms with Crippen LogP contribution in [-0.2, 0) is 0 Å². The summed E-state index contributed by atoms with van der Waals surface area (Å²) in [6.45, 7) is 0.999. The molecule has 0 amide bonds. The fourth-order valence-corrected chi connectivity index (χ4v) is 3.16. The highest BCUT2D eigenvalue weighted by atomic mass is 32.2. The summed E-state index contributed by atoms with van der Waals surface area (Å²) < 4.78 is 0. The van der Waals surface area contributed by atoms with Crippen LogP contribution >= 0.6 is 11.8 Å². The van der Waals surface area contributed by atoms with Crippen LogP contribution in [0.15, 0.2) is 42.5 Å². The molecule has 1 aliphatic heterocycles. The molecule has 1 heterocycles. The molecule has 1 radical (unpaired) electrons. The van der Waals surface area contributed by atoms with Crippen LogP contribution in [0, 0.1) is 0 Å². The van der Waals surface area contributed by atoms with Gasteiger partial charge in [0, 0.05) is 18.1 Å². The molecule has 81 valence electrons. The molecule has 3 rings (SSSR count). The van der Waals surface area contributed by atoms with Crippen LogP contribution in [0.5, 0.6) is 0 Å². The molecule has 1 nitrogen and oxygen atoms in total. The highest BCUT2D eigenvalue weighted by molar-refractivity contribution is 7.99. The first kappa shape index (κ1) is 10.2. The van der Waals surface area contributed by atoms with Crippen LogP contribution in [0.2, 0.25) is 0 Å². The molecule has 1 fully saturated rings. The second-order valence-electron chi connectivity index (χ2n) is 4.07. The summed E-state index contributed by atoms with van der Waals surface area (Å²) >= 11 is 2.01. The van der Waals surface area contributed by atoms with Gasteiger partial charge in [0.1, 0.15) is 0 Å². The van der Waals surface area contributed by atoms with Gasteiger partial charge in [-0.05, 0) is 16.3 Å². The molecule has 0 bridgehead atoms. The van der Waals surface area contributed by atoms with E-state index in [1.807, 2.05) is 11.8 Å². The van der Waals surface area contributed by atoms with Gasteiger partial charge in [0.2, 0.25) is 0 Å². The number of hydrogen-bond acceptors (Lipinski definition) is 1. The molecule has 0 spiro atoms. The van der Waals surface area contributed by atoms with Crippen LogP contribution < -0.4 is 5.32 Å². The van der Waals surface area contributed by atoms with Gasteiger partial charge in [-0.2, -0.15) is 11.8 Å². The Morgan fingerprint density at radius 3 is 2.81 bits per heavy atom. The molecule has 0 saturated carbocycles. The minimum absolute atomic E-state index is 0.393. The van der Waals surface area contributed by atoms with Crippen molar-refractivity contribution in [3.8, 4) is 0 Å². The maximum absolute atomic E-state index is 4.73. The van der Waals surface area contributed by atoms with Crippen molar-refractivity contribution in [2.75, 3.05) is 18.1 Å². The monoisotopic (exact) mass is 228 g/mol. The third-order valence-electron chi connectivity index (χ3n) is 3.04. The SMILES string of the molecule is c1ccc2c(C3CSCC[N]3)cccc2c1. The van der Waals surface area contributed by atoms with E-state index in [4.69, 9.17) is 5.32 Å². The fraction of sp³-hybridized carbons (Fsp3) is 0.286. The number of hydrogen-bond donors (Lipinski definition) is 0. The lowest BCUT2D eigenvalue weighted by Gasteiger charge is -2.22. The van der Waals surface area contributed by atoms with Crippen LogP contribution in [0.1, 0.15) is 11.6 Å². The Morgan fingerprint density at radius 1 is 1.06 bits per heavy atom. The Bertz CT molecular complexity index is 484. The molecule has 16 heavy (non-hydrogen) atoms. The van der Waals surface area contributed by atoms with E-state index < -0.39 is 0 Å². The molecule has 2 heteroatoms. The summed E-state index contributed by atoms with van der Waals surface area (Å²) in [4.78, 5) is 0. The van der Waals surface area contributed by atoms with E-state index in [9.17, 15) is 0 Å². The second-order valence-corrected chi connectivity index (χ2v) is 5.22. The predicted octanol–water partition coefficient (Wildman–Crippen LogP) is 3.23. The standard InChI is InChI=1S/C14H14NS/c1-2-6-12-11(4-1)5-3-7-13(12)14-10-16-9-8-15-14/h1-7,14H,8-10H2. The molecular weight excluding hydrogens is 214 g/mol. The highest BCUT2D eigenvalue weighted by Gasteiger charge is 2.17. The average Bonchev–Trinajstić information content (AvgIpc) is 2.39. The van der Waals surface area contributed by atoms with E-state index in [-0.39, 0.29) is 0 Å². The van der Waals surface area contributed by atoms with Crippen molar-refractivity contribution >= 4 is 22.5 Å². The van der Waals surface area contributed by atoms with Crippen molar-refractivity contribution in [3.63, 3.8) is 0 Å². The topological polar surface area (TPSA) is 14.1 Å². The number of thioether (sulfide) groups is 1. The van der Waals surface area contributed by atoms with Gasteiger partial charge in [-0.25, -0.2) is 5.32 Å². The zero-order valence-corrected chi connectivity index (χ0v) is 9.91. The third kappa shape index (κ3) is 1.83. The number of rotatable bonds is 1. The predicted molar refractivity (Wildman–Crippen MR) is 71.0 cm³/mol. The molecule has 1 atom stereocenters. The van der Waals surface area contributed by atoms with Gasteiger partial charge in [0.05, 0.1) is 6.04 Å². The average molecular weight is 228 g/mol. The molecule has 1 aliphatic rings. The van der Waals surface area contributed by atoms with Gasteiger partial charge in [-0.1, -0.05) is 42.5 Å². The van der Waals surface area contributed by atoms with Crippen molar-refractivity contribution in [2.24, 2.45) is 0 Å². The summed E-state index contributed by atoms with van der Waals surface area (Å²) in [5, 5.41) is 7.42. The lowest BCUT2D eigenvalue weighted by molar-refractivity contribution is 0.585. The normalized spacial score (nSPS) is 21.1. The van der Waals surface area contributed by atoms with Gasteiger partial charge in [-0.3, -0.25) is 0 Å². The number of benzene rings is 2. The summed E-state index contributed by atoms with van der Waals surface area (Å²) in [5.74, 6) is 2.31. The maximum Gasteiger partial charge on any atom is 0.0592 e. The Labute approximate surface area is 100 Å². The van der Waals surface area contributed by atoms with Gasteiger partial charge in [0.25, 0.3) is 0 Å². The first-order chi connectivity index (χ1) is 7.95. The zero-order valence-electron chi connectivity index (χ0n) is 9.10. The lowest BCUT2D eigenvalue weighted by Crippen LogP contribution is -2.24. The molecule has 1 saturated heterocycles. The van der Waals surface area contributed by atoms with Gasteiger partial charge in [-0.15, -0.1) is 0 Å². The van der Waals surface area contributed by atoms with Gasteiger partial charge >= 0.3 is 0 Å². The van der Waals surface area contributed by atoms with E-state index >= 15 is 0 Å². The fourth-order valence-electron chi connectivity index (χ4n) is 2.25. The van der Waals surface area contributed by atoms with E-state index in [0.29, 0.717) is 6.04 Å². The minimum atomic E-state index is 0.393.